The highest BCUT2D eigenvalue weighted by molar-refractivity contribution is 6.09. The van der Waals surface area contributed by atoms with Crippen LogP contribution in [-0.4, -0.2) is 63.1 Å². The molecule has 0 amide bonds. The molecule has 0 fully saturated rings. The monoisotopic (exact) mass is 626 g/mol. The van der Waals surface area contributed by atoms with Gasteiger partial charge in [-0.05, 0) is 73.8 Å². The molecular formula is C41H38O6. The van der Waals surface area contributed by atoms with Gasteiger partial charge in [0.1, 0.15) is 24.7 Å². The van der Waals surface area contributed by atoms with Gasteiger partial charge in [-0.3, -0.25) is 0 Å². The molecule has 6 nitrogen and oxygen atoms in total. The van der Waals surface area contributed by atoms with E-state index in [0.717, 1.165) is 50.6 Å². The van der Waals surface area contributed by atoms with Crippen LogP contribution in [0.1, 0.15) is 11.1 Å². The number of benzene rings is 6. The summed E-state index contributed by atoms with van der Waals surface area (Å²) in [6, 6.07) is 38.6. The lowest BCUT2D eigenvalue weighted by molar-refractivity contribution is 0.0708. The molecule has 6 heteroatoms. The average Bonchev–Trinajstić information content (AvgIpc) is 3.49. The van der Waals surface area contributed by atoms with Gasteiger partial charge in [-0.1, -0.05) is 97.1 Å². The van der Waals surface area contributed by atoms with Crippen LogP contribution in [-0.2, 0) is 15.9 Å². The molecule has 0 saturated carbocycles. The summed E-state index contributed by atoms with van der Waals surface area (Å²) >= 11 is 0. The third-order valence-corrected chi connectivity index (χ3v) is 8.75. The van der Waals surface area contributed by atoms with Crippen molar-refractivity contribution in [2.75, 3.05) is 52.9 Å². The Labute approximate surface area is 274 Å². The fourth-order valence-corrected chi connectivity index (χ4v) is 6.76. The molecular weight excluding hydrogens is 588 g/mol. The van der Waals surface area contributed by atoms with E-state index in [1.54, 1.807) is 0 Å². The number of fused-ring (bicyclic) bond motifs is 5. The summed E-state index contributed by atoms with van der Waals surface area (Å²) < 4.78 is 23.2. The minimum atomic E-state index is -0.00332. The van der Waals surface area contributed by atoms with E-state index in [2.05, 4.69) is 91.0 Å². The summed E-state index contributed by atoms with van der Waals surface area (Å²) in [5, 5.41) is 22.4. The van der Waals surface area contributed by atoms with E-state index in [9.17, 15) is 0 Å². The van der Waals surface area contributed by atoms with Gasteiger partial charge in [-0.2, -0.15) is 0 Å². The minimum Gasteiger partial charge on any atom is -0.491 e. The van der Waals surface area contributed by atoms with E-state index in [1.807, 2.05) is 18.2 Å². The Balaban J connectivity index is 1.37. The summed E-state index contributed by atoms with van der Waals surface area (Å²) in [5.74, 6) is 1.62. The van der Waals surface area contributed by atoms with Gasteiger partial charge in [0, 0.05) is 10.8 Å². The zero-order valence-corrected chi connectivity index (χ0v) is 26.3. The SMILES string of the molecule is OCCOCCOc1cccc2c(-c3ccc4c(c3-c3cccc5c(OCCOCCO)cccc35)Cc3ccccc3-4)cccc12. The van der Waals surface area contributed by atoms with Gasteiger partial charge in [-0.25, -0.2) is 0 Å². The van der Waals surface area contributed by atoms with Crippen LogP contribution in [0.5, 0.6) is 11.5 Å². The normalized spacial score (nSPS) is 12.0. The largest absolute Gasteiger partial charge is 0.491 e. The molecule has 0 unspecified atom stereocenters. The van der Waals surface area contributed by atoms with Crippen molar-refractivity contribution in [1.82, 2.24) is 0 Å². The smallest absolute Gasteiger partial charge is 0.127 e. The van der Waals surface area contributed by atoms with Gasteiger partial charge >= 0.3 is 0 Å². The summed E-state index contributed by atoms with van der Waals surface area (Å²) in [6.45, 7) is 2.22. The van der Waals surface area contributed by atoms with E-state index in [4.69, 9.17) is 29.2 Å². The van der Waals surface area contributed by atoms with E-state index in [-0.39, 0.29) is 13.2 Å². The van der Waals surface area contributed by atoms with Crippen molar-refractivity contribution in [3.8, 4) is 44.9 Å². The quantitative estimate of drug-likeness (QED) is 0.121. The first-order valence-corrected chi connectivity index (χ1v) is 16.2. The number of aliphatic hydroxyl groups is 2. The standard InChI is InChI=1S/C41H38O6/c42-19-21-44-23-25-46-39-15-5-10-30-31(9-3-12-34(30)39)37-18-17-33-29-8-2-1-7-28(29)27-38(33)41(37)36-14-4-13-35-32(36)11-6-16-40(35)47-26-24-45-22-20-43/h1-18,42-43H,19-27H2. The Bertz CT molecular complexity index is 2020. The number of hydrogen-bond donors (Lipinski definition) is 2. The van der Waals surface area contributed by atoms with Crippen LogP contribution < -0.4 is 9.47 Å². The molecule has 7 rings (SSSR count). The van der Waals surface area contributed by atoms with Gasteiger partial charge < -0.3 is 29.2 Å². The first kappa shape index (κ1) is 30.9. The van der Waals surface area contributed by atoms with Crippen LogP contribution in [0.3, 0.4) is 0 Å². The molecule has 47 heavy (non-hydrogen) atoms. The Morgan fingerprint density at radius 1 is 0.426 bits per heavy atom. The molecule has 1 aliphatic carbocycles. The maximum Gasteiger partial charge on any atom is 0.127 e. The fourth-order valence-electron chi connectivity index (χ4n) is 6.76. The van der Waals surface area contributed by atoms with Crippen LogP contribution in [0.4, 0.5) is 0 Å². The van der Waals surface area contributed by atoms with Crippen molar-refractivity contribution < 1.29 is 29.2 Å². The second-order valence-corrected chi connectivity index (χ2v) is 11.5. The third-order valence-electron chi connectivity index (χ3n) is 8.75. The van der Waals surface area contributed by atoms with Crippen molar-refractivity contribution in [3.05, 3.63) is 120 Å². The van der Waals surface area contributed by atoms with Crippen LogP contribution in [0.15, 0.2) is 109 Å². The second-order valence-electron chi connectivity index (χ2n) is 11.5. The van der Waals surface area contributed by atoms with Gasteiger partial charge in [0.05, 0.1) is 39.6 Å². The molecule has 2 N–H and O–H groups in total. The van der Waals surface area contributed by atoms with E-state index in [0.29, 0.717) is 39.6 Å². The molecule has 1 aliphatic rings. The topological polar surface area (TPSA) is 77.4 Å². The fraction of sp³-hybridized carbons (Fsp3) is 0.220. The molecule has 0 aliphatic heterocycles. The first-order chi connectivity index (χ1) is 23.3. The Morgan fingerprint density at radius 2 is 0.957 bits per heavy atom. The number of aliphatic hydroxyl groups excluding tert-OH is 2. The predicted octanol–water partition coefficient (Wildman–Crippen LogP) is 7.67. The molecule has 0 bridgehead atoms. The first-order valence-electron chi connectivity index (χ1n) is 16.2. The van der Waals surface area contributed by atoms with Crippen LogP contribution in [0.25, 0.3) is 54.9 Å². The summed E-state index contributed by atoms with van der Waals surface area (Å²) in [7, 11) is 0. The lowest BCUT2D eigenvalue weighted by atomic mass is 9.84. The van der Waals surface area contributed by atoms with Crippen LogP contribution in [0.2, 0.25) is 0 Å². The van der Waals surface area contributed by atoms with Crippen molar-refractivity contribution in [1.29, 1.82) is 0 Å². The lowest BCUT2D eigenvalue weighted by Gasteiger charge is -2.20. The third kappa shape index (κ3) is 6.21. The second kappa shape index (κ2) is 14.4. The van der Waals surface area contributed by atoms with Gasteiger partial charge in [0.2, 0.25) is 0 Å². The molecule has 0 heterocycles. The highest BCUT2D eigenvalue weighted by Crippen LogP contribution is 2.49. The maximum absolute atomic E-state index is 9.04. The highest BCUT2D eigenvalue weighted by atomic mass is 16.5. The minimum absolute atomic E-state index is 0.00274. The van der Waals surface area contributed by atoms with E-state index in [1.165, 1.54) is 33.4 Å². The number of ether oxygens (including phenoxy) is 4. The van der Waals surface area contributed by atoms with Crippen molar-refractivity contribution >= 4 is 21.5 Å². The molecule has 6 aromatic carbocycles. The Morgan fingerprint density at radius 3 is 1.62 bits per heavy atom. The number of hydrogen-bond acceptors (Lipinski definition) is 6. The predicted molar refractivity (Wildman–Crippen MR) is 187 cm³/mol. The summed E-state index contributed by atoms with van der Waals surface area (Å²) in [5.41, 5.74) is 9.93. The summed E-state index contributed by atoms with van der Waals surface area (Å²) in [6.07, 6.45) is 0.858. The van der Waals surface area contributed by atoms with Gasteiger partial charge in [0.15, 0.2) is 0 Å². The summed E-state index contributed by atoms with van der Waals surface area (Å²) in [4.78, 5) is 0. The molecule has 238 valence electrons. The Kier molecular flexibility index (Phi) is 9.45. The highest BCUT2D eigenvalue weighted by Gasteiger charge is 2.26. The maximum atomic E-state index is 9.04. The van der Waals surface area contributed by atoms with E-state index < -0.39 is 0 Å². The van der Waals surface area contributed by atoms with Crippen molar-refractivity contribution in [2.24, 2.45) is 0 Å². The van der Waals surface area contributed by atoms with Crippen molar-refractivity contribution in [3.63, 3.8) is 0 Å². The lowest BCUT2D eigenvalue weighted by Crippen LogP contribution is -2.09. The molecule has 6 aromatic rings. The molecule has 0 radical (unpaired) electrons. The zero-order chi connectivity index (χ0) is 32.0. The van der Waals surface area contributed by atoms with Gasteiger partial charge in [0.25, 0.3) is 0 Å². The molecule has 0 spiro atoms. The molecule has 0 atom stereocenters. The van der Waals surface area contributed by atoms with Crippen LogP contribution >= 0.6 is 0 Å². The molecule has 0 aromatic heterocycles. The Hall–Kier alpha value is -4.72. The average molecular weight is 627 g/mol. The van der Waals surface area contributed by atoms with E-state index >= 15 is 0 Å². The van der Waals surface area contributed by atoms with Crippen molar-refractivity contribution in [2.45, 2.75) is 6.42 Å². The molecule has 0 saturated heterocycles. The number of rotatable bonds is 14. The van der Waals surface area contributed by atoms with Gasteiger partial charge in [-0.15, -0.1) is 0 Å². The van der Waals surface area contributed by atoms with Crippen LogP contribution in [0, 0.1) is 0 Å². The zero-order valence-electron chi connectivity index (χ0n) is 26.3.